The highest BCUT2D eigenvalue weighted by Gasteiger charge is 2.41. The summed E-state index contributed by atoms with van der Waals surface area (Å²) < 4.78 is 0. The molecule has 0 radical (unpaired) electrons. The van der Waals surface area contributed by atoms with E-state index in [1.165, 1.54) is 44.5 Å². The molecule has 0 aromatic heterocycles. The van der Waals surface area contributed by atoms with Crippen LogP contribution in [0.3, 0.4) is 0 Å². The third-order valence-corrected chi connectivity index (χ3v) is 12.7. The molecule has 4 aromatic rings. The second-order valence-corrected chi connectivity index (χ2v) is 14.8. The van der Waals surface area contributed by atoms with Gasteiger partial charge in [0.15, 0.2) is 0 Å². The van der Waals surface area contributed by atoms with E-state index in [1.54, 1.807) is 0 Å². The first-order chi connectivity index (χ1) is 22.5. The topological polar surface area (TPSA) is 92.2 Å². The van der Waals surface area contributed by atoms with Crippen LogP contribution in [0.25, 0.3) is 0 Å². The second-order valence-electron chi connectivity index (χ2n) is 14.8. The van der Waals surface area contributed by atoms with Crippen LogP contribution in [0, 0.1) is 83.1 Å². The fraction of sp³-hybridized carbons (Fsp3) is 0.455. The van der Waals surface area contributed by atoms with E-state index in [9.17, 15) is 20.4 Å². The van der Waals surface area contributed by atoms with Crippen molar-refractivity contribution >= 4 is 0 Å². The van der Waals surface area contributed by atoms with Crippen LogP contribution in [0.1, 0.15) is 113 Å². The summed E-state index contributed by atoms with van der Waals surface area (Å²) in [5.41, 5.74) is 17.9. The zero-order valence-electron chi connectivity index (χ0n) is 30.9. The molecule has 4 nitrogen and oxygen atoms in total. The van der Waals surface area contributed by atoms with Crippen molar-refractivity contribution in [3.63, 3.8) is 0 Å². The van der Waals surface area contributed by atoms with Gasteiger partial charge in [-0.15, -0.1) is 24.4 Å². The third kappa shape index (κ3) is 5.85. The lowest BCUT2D eigenvalue weighted by Crippen LogP contribution is -2.64. The quantitative estimate of drug-likeness (QED) is 0.283. The average Bonchev–Trinajstić information content (AvgIpc) is 3.06. The van der Waals surface area contributed by atoms with Gasteiger partial charge in [-0.25, -0.2) is 0 Å². The lowest BCUT2D eigenvalue weighted by molar-refractivity contribution is -0.536. The van der Waals surface area contributed by atoms with Gasteiger partial charge < -0.3 is 20.4 Å². The van der Waals surface area contributed by atoms with E-state index in [0.717, 1.165) is 44.5 Å². The zero-order valence-corrected chi connectivity index (χ0v) is 30.9. The number of rotatable bonds is 4. The Morgan fingerprint density at radius 3 is 0.604 bits per heavy atom. The smallest absolute Gasteiger partial charge is 0.0392 e. The highest BCUT2D eigenvalue weighted by atomic mass is 16.3. The maximum absolute atomic E-state index is 13.0. The van der Waals surface area contributed by atoms with E-state index in [2.05, 4.69) is 55.4 Å². The standard InChI is InChI=1S/2C22H26O2/c2*1-11-7-9-17(15(5)13(11)3)19-21(23)20(22(19)24)18-10-8-12(2)14(4)16(18)6/h2*7-10,19-22H,1-6H3/q2*-2. The van der Waals surface area contributed by atoms with Crippen molar-refractivity contribution in [3.05, 3.63) is 138 Å². The molecule has 0 amide bonds. The molecule has 0 N–H and O–H groups in total. The van der Waals surface area contributed by atoms with E-state index in [1.807, 2.05) is 76.2 Å². The van der Waals surface area contributed by atoms with Crippen molar-refractivity contribution in [3.8, 4) is 0 Å². The minimum Gasteiger partial charge on any atom is -0.851 e. The number of benzene rings is 4. The number of hydrogen-bond donors (Lipinski definition) is 0. The summed E-state index contributed by atoms with van der Waals surface area (Å²) >= 11 is 0. The lowest BCUT2D eigenvalue weighted by Gasteiger charge is -2.62. The van der Waals surface area contributed by atoms with Crippen LogP contribution in [-0.4, -0.2) is 24.4 Å². The van der Waals surface area contributed by atoms with E-state index >= 15 is 0 Å². The maximum atomic E-state index is 13.0. The van der Waals surface area contributed by atoms with Gasteiger partial charge in [0.25, 0.3) is 0 Å². The molecular weight excluding hydrogens is 592 g/mol. The van der Waals surface area contributed by atoms with E-state index in [4.69, 9.17) is 0 Å². The second kappa shape index (κ2) is 13.6. The molecule has 6 rings (SSSR count). The highest BCUT2D eigenvalue weighted by molar-refractivity contribution is 5.49. The summed E-state index contributed by atoms with van der Waals surface area (Å²) in [6.07, 6.45) is -3.41. The molecule has 4 heteroatoms. The minimum atomic E-state index is -0.853. The van der Waals surface area contributed by atoms with Gasteiger partial charge in [-0.1, -0.05) is 48.5 Å². The molecule has 0 saturated heterocycles. The Morgan fingerprint density at radius 1 is 0.271 bits per heavy atom. The zero-order chi connectivity index (χ0) is 35.5. The first-order valence-corrected chi connectivity index (χ1v) is 17.4. The molecule has 2 fully saturated rings. The van der Waals surface area contributed by atoms with Crippen molar-refractivity contribution in [2.75, 3.05) is 0 Å². The van der Waals surface area contributed by atoms with E-state index in [-0.39, 0.29) is 0 Å². The summed E-state index contributed by atoms with van der Waals surface area (Å²) in [6, 6.07) is 16.1. The monoisotopic (exact) mass is 644 g/mol. The Labute approximate surface area is 288 Å². The van der Waals surface area contributed by atoms with Crippen molar-refractivity contribution < 1.29 is 20.4 Å². The van der Waals surface area contributed by atoms with Crippen LogP contribution < -0.4 is 20.4 Å². The summed E-state index contributed by atoms with van der Waals surface area (Å²) in [5, 5.41) is 51.8. The lowest BCUT2D eigenvalue weighted by atomic mass is 9.61. The molecule has 0 bridgehead atoms. The Hall–Kier alpha value is -3.28. The fourth-order valence-corrected chi connectivity index (χ4v) is 8.12. The molecule has 0 heterocycles. The summed E-state index contributed by atoms with van der Waals surface area (Å²) in [4.78, 5) is 0. The van der Waals surface area contributed by atoms with Gasteiger partial charge in [-0.2, -0.15) is 0 Å². The first kappa shape index (κ1) is 36.0. The van der Waals surface area contributed by atoms with Crippen molar-refractivity contribution in [2.24, 2.45) is 0 Å². The largest absolute Gasteiger partial charge is 0.851 e. The Bertz CT molecular complexity index is 1570. The number of hydrogen-bond acceptors (Lipinski definition) is 4. The molecule has 0 aliphatic heterocycles. The van der Waals surface area contributed by atoms with Gasteiger partial charge in [-0.05, 0) is 196 Å². The first-order valence-electron chi connectivity index (χ1n) is 17.4. The Balaban J connectivity index is 0.000000188. The van der Waals surface area contributed by atoms with Crippen LogP contribution in [0.15, 0.2) is 48.5 Å². The third-order valence-electron chi connectivity index (χ3n) is 12.7. The molecule has 0 spiro atoms. The Kier molecular flexibility index (Phi) is 10.2. The van der Waals surface area contributed by atoms with Gasteiger partial charge in [0.1, 0.15) is 0 Å². The van der Waals surface area contributed by atoms with Gasteiger partial charge >= 0.3 is 0 Å². The summed E-state index contributed by atoms with van der Waals surface area (Å²) in [6.45, 7) is 24.7. The van der Waals surface area contributed by atoms with Crippen LogP contribution in [0.5, 0.6) is 0 Å². The van der Waals surface area contributed by atoms with Gasteiger partial charge in [-0.3, -0.25) is 0 Å². The molecule has 256 valence electrons. The fourth-order valence-electron chi connectivity index (χ4n) is 8.12. The molecule has 2 aliphatic rings. The predicted octanol–water partition coefficient (Wildman–Crippen LogP) is 5.75. The van der Waals surface area contributed by atoms with Crippen LogP contribution in [0.4, 0.5) is 0 Å². The average molecular weight is 645 g/mol. The normalized spacial score (nSPS) is 26.3. The van der Waals surface area contributed by atoms with Gasteiger partial charge in [0.05, 0.1) is 0 Å². The van der Waals surface area contributed by atoms with Crippen LogP contribution in [0.2, 0.25) is 0 Å². The van der Waals surface area contributed by atoms with Gasteiger partial charge in [0, 0.05) is 0 Å². The highest BCUT2D eigenvalue weighted by Crippen LogP contribution is 2.49. The molecular formula is C44H52O4-4. The molecule has 2 saturated carbocycles. The minimum absolute atomic E-state index is 0.421. The van der Waals surface area contributed by atoms with E-state index in [0.29, 0.717) is 0 Å². The predicted molar refractivity (Wildman–Crippen MR) is 189 cm³/mol. The molecule has 0 unspecified atom stereocenters. The molecule has 48 heavy (non-hydrogen) atoms. The van der Waals surface area contributed by atoms with Crippen molar-refractivity contribution in [1.29, 1.82) is 0 Å². The molecule has 2 aliphatic carbocycles. The summed E-state index contributed by atoms with van der Waals surface area (Å²) in [5.74, 6) is -1.68. The molecule has 0 atom stereocenters. The SMILES string of the molecule is Cc1ccc(C2C([O-])C(c3ccc(C)c(C)c3C)C2[O-])c(C)c1C.Cc1ccc(C2C([O-])C(c3ccc(C)c(C)c3C)C2[O-])c(C)c1C. The van der Waals surface area contributed by atoms with Crippen molar-refractivity contribution in [1.82, 2.24) is 0 Å². The number of aryl methyl sites for hydroxylation is 4. The summed E-state index contributed by atoms with van der Waals surface area (Å²) in [7, 11) is 0. The Morgan fingerprint density at radius 2 is 0.438 bits per heavy atom. The molecule has 4 aromatic carbocycles. The van der Waals surface area contributed by atoms with Crippen LogP contribution >= 0.6 is 0 Å². The van der Waals surface area contributed by atoms with Crippen molar-refractivity contribution in [2.45, 2.75) is 131 Å². The van der Waals surface area contributed by atoms with E-state index < -0.39 is 48.1 Å². The van der Waals surface area contributed by atoms with Crippen LogP contribution in [-0.2, 0) is 0 Å². The maximum Gasteiger partial charge on any atom is -0.0392 e. The van der Waals surface area contributed by atoms with Gasteiger partial charge in [0.2, 0.25) is 0 Å².